The normalized spacial score (nSPS) is 28.7. The second-order valence-corrected chi connectivity index (χ2v) is 8.87. The summed E-state index contributed by atoms with van der Waals surface area (Å²) in [7, 11) is 0. The summed E-state index contributed by atoms with van der Waals surface area (Å²) < 4.78 is 71.9. The minimum absolute atomic E-state index is 0.0345. The van der Waals surface area contributed by atoms with Crippen LogP contribution < -0.4 is 0 Å². The highest BCUT2D eigenvalue weighted by Gasteiger charge is 2.35. The number of aryl methyl sites for hydroxylation is 2. The Morgan fingerprint density at radius 3 is 2.80 bits per heavy atom. The van der Waals surface area contributed by atoms with Gasteiger partial charge in [-0.1, -0.05) is 31.0 Å². The molecule has 0 saturated heterocycles. The molecule has 0 radical (unpaired) electrons. The molecule has 0 N–H and O–H groups in total. The second kappa shape index (κ2) is 6.97. The zero-order chi connectivity index (χ0) is 27.0. The molecule has 2 heteroatoms. The monoisotopic (exact) mass is 403 g/mol. The third-order valence-corrected chi connectivity index (χ3v) is 7.06. The minimum atomic E-state index is -2.41. The van der Waals surface area contributed by atoms with E-state index < -0.39 is 20.1 Å². The maximum atomic E-state index is 9.11. The molecule has 1 unspecified atom stereocenters. The fourth-order valence-electron chi connectivity index (χ4n) is 5.52. The van der Waals surface area contributed by atoms with Crippen LogP contribution in [0.1, 0.15) is 59.8 Å². The van der Waals surface area contributed by atoms with E-state index >= 15 is 0 Å². The molecule has 3 aliphatic carbocycles. The summed E-state index contributed by atoms with van der Waals surface area (Å²) >= 11 is 0. The summed E-state index contributed by atoms with van der Waals surface area (Å²) in [5, 5.41) is 0.917. The summed E-state index contributed by atoms with van der Waals surface area (Å²) in [4.78, 5) is 4.53. The van der Waals surface area contributed by atoms with Crippen molar-refractivity contribution >= 4 is 21.9 Å². The van der Waals surface area contributed by atoms with Crippen LogP contribution in [0.3, 0.4) is 0 Å². The standard InChI is InChI=1S/C28H29NO/c1-17-3-9-24-26(13-17)30-28-23(10-4-18(2)27(24)28)25-16-20(11-12-29-25)15-22-14-19-5-7-21(22)8-6-19/h3-4,9-13,16,19,21-22H,5-8,14-15H2,1-2H3/i1D3,2D3,15D2. The molecule has 3 fully saturated rings. The molecule has 1 atom stereocenters. The van der Waals surface area contributed by atoms with Gasteiger partial charge in [0.2, 0.25) is 0 Å². The predicted octanol–water partition coefficient (Wildman–Crippen LogP) is 7.63. The lowest BCUT2D eigenvalue weighted by Gasteiger charge is -2.42. The van der Waals surface area contributed by atoms with Crippen molar-refractivity contribution in [2.24, 2.45) is 17.8 Å². The Labute approximate surface area is 189 Å². The Bertz CT molecular complexity index is 1530. The van der Waals surface area contributed by atoms with E-state index in [9.17, 15) is 0 Å². The minimum Gasteiger partial charge on any atom is -0.455 e. The van der Waals surface area contributed by atoms with Crippen molar-refractivity contribution in [3.63, 3.8) is 0 Å². The molecule has 2 heterocycles. The van der Waals surface area contributed by atoms with E-state index in [1.807, 2.05) is 0 Å². The van der Waals surface area contributed by atoms with Gasteiger partial charge in [-0.25, -0.2) is 0 Å². The highest BCUT2D eigenvalue weighted by Crippen LogP contribution is 2.46. The largest absolute Gasteiger partial charge is 0.455 e. The molecular weight excluding hydrogens is 366 g/mol. The Balaban J connectivity index is 1.51. The summed E-state index contributed by atoms with van der Waals surface area (Å²) in [6.07, 6.45) is 5.55. The average molecular weight is 404 g/mol. The molecule has 4 aromatic rings. The van der Waals surface area contributed by atoms with Crippen LogP contribution in [0.15, 0.2) is 53.1 Å². The van der Waals surface area contributed by atoms with Crippen molar-refractivity contribution in [1.82, 2.24) is 4.98 Å². The van der Waals surface area contributed by atoms with Crippen LogP contribution in [0, 0.1) is 31.5 Å². The van der Waals surface area contributed by atoms with Gasteiger partial charge in [0.1, 0.15) is 11.2 Å². The first kappa shape index (κ1) is 11.7. The molecule has 2 nitrogen and oxygen atoms in total. The lowest BCUT2D eigenvalue weighted by Crippen LogP contribution is -2.32. The predicted molar refractivity (Wildman–Crippen MR) is 124 cm³/mol. The van der Waals surface area contributed by atoms with Gasteiger partial charge in [-0.2, -0.15) is 0 Å². The summed E-state index contributed by atoms with van der Waals surface area (Å²) in [6, 6.07) is 11.2. The molecule has 30 heavy (non-hydrogen) atoms. The van der Waals surface area contributed by atoms with Crippen molar-refractivity contribution in [1.29, 1.82) is 0 Å². The number of nitrogens with zero attached hydrogens (tertiary/aromatic N) is 1. The molecule has 3 aliphatic rings. The van der Waals surface area contributed by atoms with Gasteiger partial charge in [-0.15, -0.1) is 0 Å². The van der Waals surface area contributed by atoms with Crippen molar-refractivity contribution < 1.29 is 15.4 Å². The molecule has 3 saturated carbocycles. The number of hydrogen-bond donors (Lipinski definition) is 0. The highest BCUT2D eigenvalue weighted by molar-refractivity contribution is 6.11. The molecule has 2 aromatic carbocycles. The number of rotatable bonds is 3. The van der Waals surface area contributed by atoms with Crippen LogP contribution in [0.25, 0.3) is 33.2 Å². The van der Waals surface area contributed by atoms with E-state index in [0.717, 1.165) is 19.3 Å². The first-order valence-electron chi connectivity index (χ1n) is 14.8. The topological polar surface area (TPSA) is 26.0 Å². The van der Waals surface area contributed by atoms with Gasteiger partial charge in [0.15, 0.2) is 0 Å². The Hall–Kier alpha value is -2.61. The van der Waals surface area contributed by atoms with E-state index in [1.54, 1.807) is 36.5 Å². The first-order chi connectivity index (χ1) is 17.8. The van der Waals surface area contributed by atoms with E-state index in [1.165, 1.54) is 25.0 Å². The zero-order valence-electron chi connectivity index (χ0n) is 24.7. The van der Waals surface area contributed by atoms with E-state index in [4.69, 9.17) is 15.4 Å². The second-order valence-electron chi connectivity index (χ2n) is 8.87. The van der Waals surface area contributed by atoms with Gasteiger partial charge >= 0.3 is 0 Å². The third kappa shape index (κ3) is 2.96. The number of hydrogen-bond acceptors (Lipinski definition) is 2. The first-order valence-corrected chi connectivity index (χ1v) is 10.8. The van der Waals surface area contributed by atoms with Crippen molar-refractivity contribution in [2.75, 3.05) is 0 Å². The van der Waals surface area contributed by atoms with Crippen molar-refractivity contribution in [3.8, 4) is 11.3 Å². The van der Waals surface area contributed by atoms with Gasteiger partial charge in [-0.3, -0.25) is 4.98 Å². The van der Waals surface area contributed by atoms with Gasteiger partial charge < -0.3 is 4.42 Å². The van der Waals surface area contributed by atoms with Crippen molar-refractivity contribution in [2.45, 2.75) is 52.2 Å². The number of fused-ring (bicyclic) bond motifs is 6. The SMILES string of the molecule is [2H]C([2H])([2H])c1ccc2c(c1)oc1c(-c3cc(C([2H])([2H])C4CC5CCC4CC5)ccn3)ccc(C([2H])([2H])[2H])c12. The van der Waals surface area contributed by atoms with Crippen molar-refractivity contribution in [3.05, 3.63) is 65.4 Å². The number of aromatic nitrogens is 1. The van der Waals surface area contributed by atoms with Gasteiger partial charge in [-0.05, 0) is 98.0 Å². The van der Waals surface area contributed by atoms with Crippen LogP contribution in [0.5, 0.6) is 0 Å². The van der Waals surface area contributed by atoms with E-state index in [2.05, 4.69) is 4.98 Å². The lowest BCUT2D eigenvalue weighted by molar-refractivity contribution is 0.0991. The van der Waals surface area contributed by atoms with Crippen LogP contribution in [0.2, 0.25) is 0 Å². The number of benzene rings is 2. The fraction of sp³-hybridized carbons (Fsp3) is 0.393. The maximum absolute atomic E-state index is 9.11. The Kier molecular flexibility index (Phi) is 2.72. The van der Waals surface area contributed by atoms with E-state index in [-0.39, 0.29) is 22.6 Å². The smallest absolute Gasteiger partial charge is 0.145 e. The Morgan fingerprint density at radius 1 is 1.07 bits per heavy atom. The molecule has 0 aliphatic heterocycles. The van der Waals surface area contributed by atoms with Crippen LogP contribution in [-0.2, 0) is 6.37 Å². The summed E-state index contributed by atoms with van der Waals surface area (Å²) in [5.41, 5.74) is 2.41. The highest BCUT2D eigenvalue weighted by atomic mass is 16.3. The average Bonchev–Trinajstić information content (AvgIpc) is 3.26. The van der Waals surface area contributed by atoms with Crippen LogP contribution >= 0.6 is 0 Å². The van der Waals surface area contributed by atoms with Gasteiger partial charge in [0.25, 0.3) is 0 Å². The molecule has 7 rings (SSSR count). The maximum Gasteiger partial charge on any atom is 0.145 e. The quantitative estimate of drug-likeness (QED) is 0.351. The van der Waals surface area contributed by atoms with Gasteiger partial charge in [0.05, 0.1) is 5.69 Å². The van der Waals surface area contributed by atoms with E-state index in [0.29, 0.717) is 45.0 Å². The van der Waals surface area contributed by atoms with Crippen LogP contribution in [-0.4, -0.2) is 4.98 Å². The summed E-state index contributed by atoms with van der Waals surface area (Å²) in [6.45, 7) is -4.74. The Morgan fingerprint density at radius 2 is 2.00 bits per heavy atom. The molecule has 0 amide bonds. The fourth-order valence-corrected chi connectivity index (χ4v) is 5.52. The molecule has 2 bridgehead atoms. The number of furan rings is 1. The molecule has 0 spiro atoms. The third-order valence-electron chi connectivity index (χ3n) is 7.06. The van der Waals surface area contributed by atoms with Crippen LogP contribution in [0.4, 0.5) is 0 Å². The molecule has 152 valence electrons. The number of pyridine rings is 1. The lowest BCUT2D eigenvalue weighted by atomic mass is 9.63. The van der Waals surface area contributed by atoms with Gasteiger partial charge in [0, 0.05) is 33.5 Å². The zero-order valence-corrected chi connectivity index (χ0v) is 16.7. The molecule has 2 aromatic heterocycles. The summed E-state index contributed by atoms with van der Waals surface area (Å²) in [5.74, 6) is 0.955. The molecular formula is C28H29NO.